The van der Waals surface area contributed by atoms with Crippen LogP contribution in [0.15, 0.2) is 61.1 Å². The molecule has 5 heteroatoms. The van der Waals surface area contributed by atoms with Gasteiger partial charge >= 0.3 is 0 Å². The van der Waals surface area contributed by atoms with Crippen LogP contribution in [0.3, 0.4) is 0 Å². The van der Waals surface area contributed by atoms with E-state index in [9.17, 15) is 0 Å². The zero-order valence-electron chi connectivity index (χ0n) is 14.7. The highest BCUT2D eigenvalue weighted by atomic mass is 35.5. The normalized spacial score (nSPS) is 21.5. The second kappa shape index (κ2) is 7.70. The van der Waals surface area contributed by atoms with Crippen molar-refractivity contribution in [2.24, 2.45) is 0 Å². The van der Waals surface area contributed by atoms with Crippen molar-refractivity contribution < 1.29 is 14.2 Å². The molecule has 0 aromatic heterocycles. The van der Waals surface area contributed by atoms with Crippen molar-refractivity contribution in [3.05, 3.63) is 82.8 Å². The Kier molecular flexibility index (Phi) is 5.16. The van der Waals surface area contributed by atoms with E-state index in [1.807, 2.05) is 24.3 Å². The summed E-state index contributed by atoms with van der Waals surface area (Å²) in [6.07, 6.45) is 3.71. The molecule has 1 saturated heterocycles. The van der Waals surface area contributed by atoms with Crippen molar-refractivity contribution in [2.45, 2.75) is 31.9 Å². The number of hydrogen-bond donors (Lipinski definition) is 0. The molecule has 4 rings (SSSR count). The third-order valence-electron chi connectivity index (χ3n) is 4.84. The van der Waals surface area contributed by atoms with Crippen molar-refractivity contribution in [1.82, 2.24) is 4.90 Å². The Labute approximate surface area is 158 Å². The predicted molar refractivity (Wildman–Crippen MR) is 101 cm³/mol. The smallest absolute Gasteiger partial charge is 0.266 e. The van der Waals surface area contributed by atoms with Gasteiger partial charge in [-0.05, 0) is 42.7 Å². The van der Waals surface area contributed by atoms with E-state index in [0.29, 0.717) is 6.04 Å². The van der Waals surface area contributed by atoms with Crippen molar-refractivity contribution >= 4 is 11.6 Å². The molecule has 0 radical (unpaired) electrons. The molecule has 2 aromatic carbocycles. The van der Waals surface area contributed by atoms with E-state index < -0.39 is 0 Å². The molecule has 0 saturated carbocycles. The molecule has 0 aliphatic carbocycles. The van der Waals surface area contributed by atoms with Crippen LogP contribution in [0, 0.1) is 0 Å². The Hall–Kier alpha value is -2.01. The van der Waals surface area contributed by atoms with Gasteiger partial charge in [-0.2, -0.15) is 0 Å². The molecular formula is C21H22ClNO3. The maximum Gasteiger partial charge on any atom is 0.266 e. The van der Waals surface area contributed by atoms with Crippen molar-refractivity contribution in [2.75, 3.05) is 13.2 Å². The van der Waals surface area contributed by atoms with Gasteiger partial charge in [-0.25, -0.2) is 0 Å². The van der Waals surface area contributed by atoms with Crippen molar-refractivity contribution in [1.29, 1.82) is 0 Å². The van der Waals surface area contributed by atoms with E-state index in [-0.39, 0.29) is 12.5 Å². The monoisotopic (exact) mass is 371 g/mol. The molecule has 2 aromatic rings. The Bertz CT molecular complexity index is 786. The highest BCUT2D eigenvalue weighted by Gasteiger charge is 2.31. The molecular weight excluding hydrogens is 350 g/mol. The minimum absolute atomic E-state index is 0.0439. The SMILES string of the molecule is CC(Cc1cccc(C2OC=CO2)c1)N1CCOC1c1cccc(Cl)c1. The minimum atomic E-state index is -0.334. The second-order valence-electron chi connectivity index (χ2n) is 6.69. The fourth-order valence-electron chi connectivity index (χ4n) is 3.60. The predicted octanol–water partition coefficient (Wildman–Crippen LogP) is 4.82. The van der Waals surface area contributed by atoms with Gasteiger partial charge in [-0.3, -0.25) is 4.90 Å². The van der Waals surface area contributed by atoms with Crippen molar-refractivity contribution in [3.63, 3.8) is 0 Å². The zero-order valence-corrected chi connectivity index (χ0v) is 15.4. The number of halogens is 1. The van der Waals surface area contributed by atoms with E-state index in [0.717, 1.165) is 35.7 Å². The van der Waals surface area contributed by atoms with Crippen LogP contribution in [0.25, 0.3) is 0 Å². The number of hydrogen-bond acceptors (Lipinski definition) is 4. The lowest BCUT2D eigenvalue weighted by molar-refractivity contribution is -0.0246. The van der Waals surface area contributed by atoms with Gasteiger partial charge in [0.25, 0.3) is 6.29 Å². The fourth-order valence-corrected chi connectivity index (χ4v) is 3.80. The number of benzene rings is 2. The first-order chi connectivity index (χ1) is 12.7. The number of ether oxygens (including phenoxy) is 3. The van der Waals surface area contributed by atoms with E-state index in [1.54, 1.807) is 12.5 Å². The molecule has 2 aliphatic heterocycles. The first kappa shape index (κ1) is 17.4. The lowest BCUT2D eigenvalue weighted by Gasteiger charge is -2.29. The van der Waals surface area contributed by atoms with Crippen LogP contribution >= 0.6 is 11.6 Å². The van der Waals surface area contributed by atoms with E-state index in [1.165, 1.54) is 5.56 Å². The molecule has 2 atom stereocenters. The van der Waals surface area contributed by atoms with Gasteiger partial charge in [-0.1, -0.05) is 41.9 Å². The maximum absolute atomic E-state index is 6.16. The quantitative estimate of drug-likeness (QED) is 0.754. The molecule has 0 bridgehead atoms. The van der Waals surface area contributed by atoms with Gasteiger partial charge in [0, 0.05) is 23.2 Å². The first-order valence-corrected chi connectivity index (χ1v) is 9.26. The van der Waals surface area contributed by atoms with Crippen LogP contribution in [0.5, 0.6) is 0 Å². The van der Waals surface area contributed by atoms with Crippen molar-refractivity contribution in [3.8, 4) is 0 Å². The van der Waals surface area contributed by atoms with Crippen LogP contribution in [0.1, 0.15) is 36.1 Å². The second-order valence-corrected chi connectivity index (χ2v) is 7.13. The largest absolute Gasteiger partial charge is 0.455 e. The third kappa shape index (κ3) is 3.73. The van der Waals surface area contributed by atoms with Crippen LogP contribution < -0.4 is 0 Å². The zero-order chi connectivity index (χ0) is 17.9. The lowest BCUT2D eigenvalue weighted by Crippen LogP contribution is -2.34. The molecule has 0 spiro atoms. The molecule has 4 nitrogen and oxygen atoms in total. The number of rotatable bonds is 5. The highest BCUT2D eigenvalue weighted by molar-refractivity contribution is 6.30. The van der Waals surface area contributed by atoms with E-state index in [2.05, 4.69) is 36.1 Å². The summed E-state index contributed by atoms with van der Waals surface area (Å²) in [7, 11) is 0. The average molecular weight is 372 g/mol. The van der Waals surface area contributed by atoms with Crippen LogP contribution in [0.4, 0.5) is 0 Å². The Morgan fingerprint density at radius 3 is 2.65 bits per heavy atom. The van der Waals surface area contributed by atoms with E-state index >= 15 is 0 Å². The van der Waals surface area contributed by atoms with Crippen LogP contribution in [0.2, 0.25) is 5.02 Å². The molecule has 2 aliphatic rings. The maximum atomic E-state index is 6.16. The summed E-state index contributed by atoms with van der Waals surface area (Å²) in [5, 5.41) is 0.739. The summed E-state index contributed by atoms with van der Waals surface area (Å²) in [5.41, 5.74) is 3.39. The Morgan fingerprint density at radius 1 is 1.08 bits per heavy atom. The first-order valence-electron chi connectivity index (χ1n) is 8.88. The van der Waals surface area contributed by atoms with Gasteiger partial charge in [0.05, 0.1) is 6.61 Å². The number of nitrogens with zero attached hydrogens (tertiary/aromatic N) is 1. The van der Waals surface area contributed by atoms with Crippen LogP contribution in [-0.2, 0) is 20.6 Å². The minimum Gasteiger partial charge on any atom is -0.455 e. The topological polar surface area (TPSA) is 30.9 Å². The summed E-state index contributed by atoms with van der Waals surface area (Å²) in [4.78, 5) is 2.39. The molecule has 136 valence electrons. The van der Waals surface area contributed by atoms with E-state index in [4.69, 9.17) is 25.8 Å². The third-order valence-corrected chi connectivity index (χ3v) is 5.08. The van der Waals surface area contributed by atoms with Gasteiger partial charge in [0.2, 0.25) is 0 Å². The summed E-state index contributed by atoms with van der Waals surface area (Å²) in [6.45, 7) is 3.89. The van der Waals surface area contributed by atoms with Gasteiger partial charge < -0.3 is 14.2 Å². The lowest BCUT2D eigenvalue weighted by atomic mass is 10.0. The molecule has 0 N–H and O–H groups in total. The van der Waals surface area contributed by atoms with Gasteiger partial charge in [-0.15, -0.1) is 0 Å². The summed E-state index contributed by atoms with van der Waals surface area (Å²) in [6, 6.07) is 16.6. The highest BCUT2D eigenvalue weighted by Crippen LogP contribution is 2.31. The van der Waals surface area contributed by atoms with Gasteiger partial charge in [0.15, 0.2) is 0 Å². The molecule has 1 fully saturated rings. The summed E-state index contributed by atoms with van der Waals surface area (Å²) >= 11 is 6.16. The molecule has 2 unspecified atom stereocenters. The summed E-state index contributed by atoms with van der Waals surface area (Å²) < 4.78 is 16.9. The molecule has 26 heavy (non-hydrogen) atoms. The average Bonchev–Trinajstić information content (AvgIpc) is 3.34. The Balaban J connectivity index is 1.47. The summed E-state index contributed by atoms with van der Waals surface area (Å²) in [5.74, 6) is 0. The molecule has 0 amide bonds. The fraction of sp³-hybridized carbons (Fsp3) is 0.333. The van der Waals surface area contributed by atoms with Gasteiger partial charge in [0.1, 0.15) is 18.8 Å². The Morgan fingerprint density at radius 2 is 1.85 bits per heavy atom. The standard InChI is InChI=1S/C21H22ClNO3/c1-15(12-16-4-2-6-18(13-16)21-25-10-11-26-21)23-8-9-24-20(23)17-5-3-7-19(22)14-17/h2-7,10-11,13-15,20-21H,8-9,12H2,1H3. The molecule has 2 heterocycles. The van der Waals surface area contributed by atoms with Crippen LogP contribution in [-0.4, -0.2) is 24.1 Å².